The first-order valence-corrected chi connectivity index (χ1v) is 6.36. The van der Waals surface area contributed by atoms with Gasteiger partial charge in [-0.1, -0.05) is 11.6 Å². The summed E-state index contributed by atoms with van der Waals surface area (Å²) in [5.41, 5.74) is 0.707. The number of phenolic OH excluding ortho intramolecular Hbond substituents is 1. The third-order valence-corrected chi connectivity index (χ3v) is 2.81. The van der Waals surface area contributed by atoms with Gasteiger partial charge in [0.2, 0.25) is 5.88 Å². The standard InChI is InChI=1S/C14H13ClN2O3/c1-2-20-13-6-3-9(8-16-13)17-14(19)11-7-10(18)4-5-12(11)15/h3-8,18H,2H2,1H3,(H,17,19). The van der Waals surface area contributed by atoms with E-state index in [-0.39, 0.29) is 16.3 Å². The number of anilines is 1. The largest absolute Gasteiger partial charge is 0.508 e. The molecule has 1 aromatic carbocycles. The van der Waals surface area contributed by atoms with Crippen LogP contribution >= 0.6 is 11.6 Å². The summed E-state index contributed by atoms with van der Waals surface area (Å²) < 4.78 is 5.21. The quantitative estimate of drug-likeness (QED) is 0.908. The van der Waals surface area contributed by atoms with Crippen molar-refractivity contribution in [3.05, 3.63) is 47.1 Å². The first kappa shape index (κ1) is 14.1. The van der Waals surface area contributed by atoms with E-state index in [9.17, 15) is 9.90 Å². The Hall–Kier alpha value is -2.27. The zero-order chi connectivity index (χ0) is 14.5. The van der Waals surface area contributed by atoms with Crippen LogP contribution in [0.15, 0.2) is 36.5 Å². The molecule has 20 heavy (non-hydrogen) atoms. The molecule has 0 unspecified atom stereocenters. The van der Waals surface area contributed by atoms with E-state index in [1.54, 1.807) is 12.1 Å². The summed E-state index contributed by atoms with van der Waals surface area (Å²) in [5.74, 6) is 0.0436. The van der Waals surface area contributed by atoms with Gasteiger partial charge >= 0.3 is 0 Å². The molecule has 0 atom stereocenters. The Bertz CT molecular complexity index is 614. The maximum Gasteiger partial charge on any atom is 0.257 e. The van der Waals surface area contributed by atoms with Gasteiger partial charge < -0.3 is 15.2 Å². The molecular weight excluding hydrogens is 280 g/mol. The minimum absolute atomic E-state index is 0.0237. The molecular formula is C14H13ClN2O3. The average Bonchev–Trinajstić information content (AvgIpc) is 2.44. The van der Waals surface area contributed by atoms with Gasteiger partial charge in [0.15, 0.2) is 0 Å². The molecule has 1 heterocycles. The number of nitrogens with zero attached hydrogens (tertiary/aromatic N) is 1. The number of rotatable bonds is 4. The summed E-state index contributed by atoms with van der Waals surface area (Å²) in [4.78, 5) is 16.1. The Morgan fingerprint density at radius 2 is 2.20 bits per heavy atom. The molecule has 0 spiro atoms. The van der Waals surface area contributed by atoms with E-state index in [1.165, 1.54) is 24.4 Å². The number of phenols is 1. The second kappa shape index (κ2) is 6.25. The smallest absolute Gasteiger partial charge is 0.257 e. The molecule has 2 N–H and O–H groups in total. The molecule has 0 fully saturated rings. The lowest BCUT2D eigenvalue weighted by Gasteiger charge is -2.08. The number of hydrogen-bond acceptors (Lipinski definition) is 4. The lowest BCUT2D eigenvalue weighted by Crippen LogP contribution is -2.12. The molecule has 0 radical (unpaired) electrons. The normalized spacial score (nSPS) is 10.1. The van der Waals surface area contributed by atoms with Gasteiger partial charge in [0.25, 0.3) is 5.91 Å². The summed E-state index contributed by atoms with van der Waals surface area (Å²) in [6.45, 7) is 2.39. The van der Waals surface area contributed by atoms with Crippen LogP contribution in [0.2, 0.25) is 5.02 Å². The van der Waals surface area contributed by atoms with Gasteiger partial charge in [-0.2, -0.15) is 0 Å². The van der Waals surface area contributed by atoms with Crippen molar-refractivity contribution in [3.8, 4) is 11.6 Å². The average molecular weight is 293 g/mol. The van der Waals surface area contributed by atoms with E-state index in [4.69, 9.17) is 16.3 Å². The molecule has 0 bridgehead atoms. The number of carbonyl (C=O) groups is 1. The molecule has 0 saturated heterocycles. The third-order valence-electron chi connectivity index (χ3n) is 2.48. The second-order valence-electron chi connectivity index (χ2n) is 3.94. The van der Waals surface area contributed by atoms with Gasteiger partial charge in [0.05, 0.1) is 29.1 Å². The number of benzene rings is 1. The molecule has 104 valence electrons. The molecule has 0 aliphatic carbocycles. The summed E-state index contributed by atoms with van der Waals surface area (Å²) in [6.07, 6.45) is 1.49. The topological polar surface area (TPSA) is 71.5 Å². The molecule has 1 aromatic heterocycles. The van der Waals surface area contributed by atoms with Crippen LogP contribution in [0.1, 0.15) is 17.3 Å². The Morgan fingerprint density at radius 1 is 1.40 bits per heavy atom. The highest BCUT2D eigenvalue weighted by atomic mass is 35.5. The Balaban J connectivity index is 2.13. The van der Waals surface area contributed by atoms with Gasteiger partial charge in [-0.25, -0.2) is 4.98 Å². The van der Waals surface area contributed by atoms with Gasteiger partial charge in [-0.05, 0) is 31.2 Å². The number of nitrogens with one attached hydrogen (secondary N) is 1. The number of carbonyl (C=O) groups excluding carboxylic acids is 1. The molecule has 5 nitrogen and oxygen atoms in total. The number of hydrogen-bond donors (Lipinski definition) is 2. The van der Waals surface area contributed by atoms with Crippen LogP contribution in [0.4, 0.5) is 5.69 Å². The number of pyridine rings is 1. The van der Waals surface area contributed by atoms with Crippen LogP contribution in [0.3, 0.4) is 0 Å². The Morgan fingerprint density at radius 3 is 2.85 bits per heavy atom. The zero-order valence-corrected chi connectivity index (χ0v) is 11.5. The first-order chi connectivity index (χ1) is 9.60. The van der Waals surface area contributed by atoms with E-state index in [2.05, 4.69) is 10.3 Å². The maximum atomic E-state index is 12.0. The summed E-state index contributed by atoms with van der Waals surface area (Å²) in [6, 6.07) is 7.51. The van der Waals surface area contributed by atoms with Crippen LogP contribution in [-0.4, -0.2) is 22.6 Å². The third kappa shape index (κ3) is 3.39. The van der Waals surface area contributed by atoms with Crippen molar-refractivity contribution in [2.24, 2.45) is 0 Å². The number of ether oxygens (including phenoxy) is 1. The fraction of sp³-hybridized carbons (Fsp3) is 0.143. The molecule has 2 rings (SSSR count). The minimum Gasteiger partial charge on any atom is -0.508 e. The van der Waals surface area contributed by atoms with Crippen molar-refractivity contribution < 1.29 is 14.6 Å². The van der Waals surface area contributed by atoms with Crippen molar-refractivity contribution in [1.82, 2.24) is 4.98 Å². The summed E-state index contributed by atoms with van der Waals surface area (Å²) >= 11 is 5.92. The van der Waals surface area contributed by atoms with Crippen molar-refractivity contribution in [2.45, 2.75) is 6.92 Å². The van der Waals surface area contributed by atoms with Crippen molar-refractivity contribution in [2.75, 3.05) is 11.9 Å². The molecule has 2 aromatic rings. The molecule has 0 saturated carbocycles. The Labute approximate surface area is 121 Å². The second-order valence-corrected chi connectivity index (χ2v) is 4.34. The predicted octanol–water partition coefficient (Wildman–Crippen LogP) is 3.09. The maximum absolute atomic E-state index is 12.0. The summed E-state index contributed by atoms with van der Waals surface area (Å²) in [5, 5.41) is 12.3. The fourth-order valence-electron chi connectivity index (χ4n) is 1.57. The van der Waals surface area contributed by atoms with Gasteiger partial charge in [0, 0.05) is 6.07 Å². The van der Waals surface area contributed by atoms with Gasteiger partial charge in [-0.3, -0.25) is 4.79 Å². The van der Waals surface area contributed by atoms with Crippen LogP contribution in [0.5, 0.6) is 11.6 Å². The van der Waals surface area contributed by atoms with Gasteiger partial charge in [-0.15, -0.1) is 0 Å². The molecule has 6 heteroatoms. The van der Waals surface area contributed by atoms with Crippen LogP contribution in [-0.2, 0) is 0 Å². The highest BCUT2D eigenvalue weighted by molar-refractivity contribution is 6.34. The fourth-order valence-corrected chi connectivity index (χ4v) is 1.78. The lowest BCUT2D eigenvalue weighted by atomic mass is 10.2. The SMILES string of the molecule is CCOc1ccc(NC(=O)c2cc(O)ccc2Cl)cn1. The van der Waals surface area contributed by atoms with Gasteiger partial charge in [0.1, 0.15) is 5.75 Å². The number of halogens is 1. The Kier molecular flexibility index (Phi) is 4.42. The number of amides is 1. The number of aromatic nitrogens is 1. The van der Waals surface area contributed by atoms with E-state index in [0.29, 0.717) is 18.2 Å². The zero-order valence-electron chi connectivity index (χ0n) is 10.8. The van der Waals surface area contributed by atoms with E-state index in [0.717, 1.165) is 0 Å². The molecule has 0 aliphatic rings. The minimum atomic E-state index is -0.420. The summed E-state index contributed by atoms with van der Waals surface area (Å²) in [7, 11) is 0. The van der Waals surface area contributed by atoms with Crippen molar-refractivity contribution >= 4 is 23.2 Å². The monoisotopic (exact) mass is 292 g/mol. The van der Waals surface area contributed by atoms with Crippen molar-refractivity contribution in [3.63, 3.8) is 0 Å². The molecule has 0 aliphatic heterocycles. The van der Waals surface area contributed by atoms with E-state index >= 15 is 0 Å². The highest BCUT2D eigenvalue weighted by Crippen LogP contribution is 2.22. The number of aromatic hydroxyl groups is 1. The predicted molar refractivity (Wildman–Crippen MR) is 76.5 cm³/mol. The van der Waals surface area contributed by atoms with Crippen LogP contribution < -0.4 is 10.1 Å². The van der Waals surface area contributed by atoms with Crippen LogP contribution in [0.25, 0.3) is 0 Å². The van der Waals surface area contributed by atoms with E-state index in [1.807, 2.05) is 6.92 Å². The van der Waals surface area contributed by atoms with E-state index < -0.39 is 5.91 Å². The lowest BCUT2D eigenvalue weighted by molar-refractivity contribution is 0.102. The van der Waals surface area contributed by atoms with Crippen LogP contribution in [0, 0.1) is 0 Å². The molecule has 1 amide bonds. The first-order valence-electron chi connectivity index (χ1n) is 5.99. The highest BCUT2D eigenvalue weighted by Gasteiger charge is 2.11. The van der Waals surface area contributed by atoms with Crippen molar-refractivity contribution in [1.29, 1.82) is 0 Å².